The van der Waals surface area contributed by atoms with Crippen LogP contribution in [0.15, 0.2) is 12.4 Å². The van der Waals surface area contributed by atoms with Crippen molar-refractivity contribution in [1.82, 2.24) is 14.9 Å². The Balaban J connectivity index is 2.15. The molecule has 0 bridgehead atoms. The number of hydrogen-bond donors (Lipinski definition) is 1. The fourth-order valence-corrected chi connectivity index (χ4v) is 2.06. The molecule has 0 aliphatic carbocycles. The fraction of sp³-hybridized carbons (Fsp3) is 0.455. The predicted octanol–water partition coefficient (Wildman–Crippen LogP) is 1.07. The Kier molecular flexibility index (Phi) is 3.21. The predicted molar refractivity (Wildman–Crippen MR) is 63.3 cm³/mol. The molecule has 18 heavy (non-hydrogen) atoms. The van der Waals surface area contributed by atoms with Crippen molar-refractivity contribution in [2.45, 2.75) is 13.3 Å². The summed E-state index contributed by atoms with van der Waals surface area (Å²) in [6.07, 6.45) is 3.09. The quantitative estimate of drug-likeness (QED) is 0.868. The highest BCUT2D eigenvalue weighted by molar-refractivity contribution is 6.29. The first-order valence-electron chi connectivity index (χ1n) is 5.42. The van der Waals surface area contributed by atoms with Crippen molar-refractivity contribution in [1.29, 1.82) is 0 Å². The van der Waals surface area contributed by atoms with Gasteiger partial charge in [0.25, 0.3) is 5.91 Å². The number of rotatable bonds is 2. The molecule has 1 aromatic heterocycles. The van der Waals surface area contributed by atoms with E-state index in [1.54, 1.807) is 6.92 Å². The zero-order chi connectivity index (χ0) is 13.3. The van der Waals surface area contributed by atoms with Gasteiger partial charge in [0.05, 0.1) is 17.8 Å². The number of carboxylic acid groups (broad SMARTS) is 1. The molecule has 2 heterocycles. The number of carbonyl (C=O) groups is 2. The summed E-state index contributed by atoms with van der Waals surface area (Å²) in [5.74, 6) is -1.23. The number of nitrogens with zero attached hydrogens (tertiary/aromatic N) is 3. The van der Waals surface area contributed by atoms with Crippen LogP contribution in [0, 0.1) is 5.41 Å². The highest BCUT2D eigenvalue weighted by atomic mass is 35.5. The summed E-state index contributed by atoms with van der Waals surface area (Å²) in [4.78, 5) is 32.3. The second-order valence-corrected chi connectivity index (χ2v) is 4.96. The lowest BCUT2D eigenvalue weighted by atomic mass is 9.90. The monoisotopic (exact) mass is 269 g/mol. The molecular weight excluding hydrogens is 258 g/mol. The first-order valence-corrected chi connectivity index (χ1v) is 5.80. The Hall–Kier alpha value is -1.69. The number of hydrogen-bond acceptors (Lipinski definition) is 4. The number of aromatic nitrogens is 2. The van der Waals surface area contributed by atoms with Crippen LogP contribution in [0.25, 0.3) is 0 Å². The number of carbonyl (C=O) groups excluding carboxylic acids is 1. The zero-order valence-corrected chi connectivity index (χ0v) is 10.5. The van der Waals surface area contributed by atoms with Crippen molar-refractivity contribution in [3.63, 3.8) is 0 Å². The molecule has 2 rings (SSSR count). The first kappa shape index (κ1) is 12.8. The minimum absolute atomic E-state index is 0.136. The summed E-state index contributed by atoms with van der Waals surface area (Å²) in [5, 5.41) is 9.24. The van der Waals surface area contributed by atoms with Gasteiger partial charge in [-0.05, 0) is 13.3 Å². The maximum absolute atomic E-state index is 12.1. The largest absolute Gasteiger partial charge is 0.481 e. The number of aliphatic carboxylic acids is 1. The normalized spacial score (nSPS) is 23.1. The number of carboxylic acids is 1. The van der Waals surface area contributed by atoms with Crippen LogP contribution in [0.5, 0.6) is 0 Å². The number of halogens is 1. The molecule has 0 saturated carbocycles. The van der Waals surface area contributed by atoms with Gasteiger partial charge in [-0.1, -0.05) is 11.6 Å². The summed E-state index contributed by atoms with van der Waals surface area (Å²) in [7, 11) is 0. The molecule has 1 aromatic rings. The van der Waals surface area contributed by atoms with Gasteiger partial charge < -0.3 is 10.0 Å². The minimum Gasteiger partial charge on any atom is -0.481 e. The third kappa shape index (κ3) is 2.28. The first-order chi connectivity index (χ1) is 8.42. The van der Waals surface area contributed by atoms with E-state index in [0.717, 1.165) is 0 Å². The third-order valence-corrected chi connectivity index (χ3v) is 3.28. The van der Waals surface area contributed by atoms with Gasteiger partial charge in [0, 0.05) is 13.1 Å². The van der Waals surface area contributed by atoms with E-state index in [9.17, 15) is 9.59 Å². The van der Waals surface area contributed by atoms with Crippen LogP contribution in [-0.4, -0.2) is 44.9 Å². The maximum atomic E-state index is 12.1. The average Bonchev–Trinajstić information content (AvgIpc) is 2.72. The second-order valence-electron chi connectivity index (χ2n) is 4.57. The molecule has 1 aliphatic heterocycles. The molecule has 1 unspecified atom stereocenters. The molecule has 1 amide bonds. The van der Waals surface area contributed by atoms with Crippen LogP contribution in [0.4, 0.5) is 0 Å². The second kappa shape index (κ2) is 4.53. The molecule has 7 heteroatoms. The standard InChI is InChI=1S/C11H12ClN3O3/c1-11(10(17)18)2-3-15(6-11)9(16)7-4-13-5-8(12)14-7/h4-5H,2-3,6H2,1H3,(H,17,18). The van der Waals surface area contributed by atoms with Crippen molar-refractivity contribution < 1.29 is 14.7 Å². The van der Waals surface area contributed by atoms with E-state index in [0.29, 0.717) is 13.0 Å². The van der Waals surface area contributed by atoms with E-state index in [1.807, 2.05) is 0 Å². The van der Waals surface area contributed by atoms with E-state index in [2.05, 4.69) is 9.97 Å². The SMILES string of the molecule is CC1(C(=O)O)CCN(C(=O)c2cncc(Cl)n2)C1. The summed E-state index contributed by atoms with van der Waals surface area (Å²) in [5.41, 5.74) is -0.751. The fourth-order valence-electron chi connectivity index (χ4n) is 1.92. The molecule has 1 fully saturated rings. The lowest BCUT2D eigenvalue weighted by Crippen LogP contribution is -2.35. The molecule has 0 aromatic carbocycles. The molecule has 0 spiro atoms. The Morgan fingerprint density at radius 3 is 2.78 bits per heavy atom. The molecule has 96 valence electrons. The zero-order valence-electron chi connectivity index (χ0n) is 9.76. The van der Waals surface area contributed by atoms with Crippen molar-refractivity contribution >= 4 is 23.5 Å². The van der Waals surface area contributed by atoms with Gasteiger partial charge in [0.1, 0.15) is 10.8 Å². The van der Waals surface area contributed by atoms with Gasteiger partial charge in [-0.25, -0.2) is 4.98 Å². The highest BCUT2D eigenvalue weighted by Gasteiger charge is 2.42. The van der Waals surface area contributed by atoms with Gasteiger partial charge in [0.15, 0.2) is 0 Å². The molecule has 6 nitrogen and oxygen atoms in total. The van der Waals surface area contributed by atoms with Crippen LogP contribution >= 0.6 is 11.6 Å². The van der Waals surface area contributed by atoms with Crippen molar-refractivity contribution in [3.8, 4) is 0 Å². The summed E-state index contributed by atoms with van der Waals surface area (Å²) < 4.78 is 0. The van der Waals surface area contributed by atoms with Crippen LogP contribution in [0.2, 0.25) is 5.15 Å². The number of likely N-dealkylation sites (tertiary alicyclic amines) is 1. The molecular formula is C11H12ClN3O3. The lowest BCUT2D eigenvalue weighted by molar-refractivity contribution is -0.147. The third-order valence-electron chi connectivity index (χ3n) is 3.10. The molecule has 0 radical (unpaired) electrons. The summed E-state index contributed by atoms with van der Waals surface area (Å²) >= 11 is 5.66. The lowest BCUT2D eigenvalue weighted by Gasteiger charge is -2.19. The molecule has 1 N–H and O–H groups in total. The van der Waals surface area contributed by atoms with E-state index in [-0.39, 0.29) is 23.3 Å². The molecule has 1 aliphatic rings. The number of amides is 1. The van der Waals surface area contributed by atoms with Gasteiger partial charge in [-0.15, -0.1) is 0 Å². The minimum atomic E-state index is -0.894. The summed E-state index contributed by atoms with van der Waals surface area (Å²) in [6, 6.07) is 0. The maximum Gasteiger partial charge on any atom is 0.311 e. The molecule has 1 atom stereocenters. The molecule has 1 saturated heterocycles. The summed E-state index contributed by atoms with van der Waals surface area (Å²) in [6.45, 7) is 2.21. The Labute approximate surface area is 109 Å². The van der Waals surface area contributed by atoms with Crippen LogP contribution in [0.1, 0.15) is 23.8 Å². The smallest absolute Gasteiger partial charge is 0.311 e. The van der Waals surface area contributed by atoms with Crippen LogP contribution < -0.4 is 0 Å². The van der Waals surface area contributed by atoms with E-state index in [1.165, 1.54) is 17.3 Å². The van der Waals surface area contributed by atoms with Gasteiger partial charge in [0.2, 0.25) is 0 Å². The Morgan fingerprint density at radius 1 is 1.50 bits per heavy atom. The Morgan fingerprint density at radius 2 is 2.22 bits per heavy atom. The van der Waals surface area contributed by atoms with Crippen LogP contribution in [0.3, 0.4) is 0 Å². The topological polar surface area (TPSA) is 83.4 Å². The van der Waals surface area contributed by atoms with E-state index >= 15 is 0 Å². The van der Waals surface area contributed by atoms with Gasteiger partial charge >= 0.3 is 5.97 Å². The van der Waals surface area contributed by atoms with E-state index in [4.69, 9.17) is 16.7 Å². The highest BCUT2D eigenvalue weighted by Crippen LogP contribution is 2.30. The van der Waals surface area contributed by atoms with E-state index < -0.39 is 11.4 Å². The van der Waals surface area contributed by atoms with Crippen LogP contribution in [-0.2, 0) is 4.79 Å². The van der Waals surface area contributed by atoms with Gasteiger partial charge in [-0.2, -0.15) is 0 Å². The van der Waals surface area contributed by atoms with Crippen molar-refractivity contribution in [2.75, 3.05) is 13.1 Å². The average molecular weight is 270 g/mol. The van der Waals surface area contributed by atoms with Crippen molar-refractivity contribution in [3.05, 3.63) is 23.2 Å². The van der Waals surface area contributed by atoms with Gasteiger partial charge in [-0.3, -0.25) is 14.6 Å². The Bertz CT molecular complexity index is 508. The van der Waals surface area contributed by atoms with Crippen molar-refractivity contribution in [2.24, 2.45) is 5.41 Å².